The van der Waals surface area contributed by atoms with Crippen LogP contribution in [0.5, 0.6) is 0 Å². The second-order valence-corrected chi connectivity index (χ2v) is 8.20. The average Bonchev–Trinajstić information content (AvgIpc) is 2.71. The minimum absolute atomic E-state index is 0.0103. The lowest BCUT2D eigenvalue weighted by atomic mass is 9.84. The number of nitrogens with two attached hydrogens (primary N) is 4. The number of hydrogen-bond acceptors (Lipinski definition) is 11. The first-order valence-corrected chi connectivity index (χ1v) is 10.4. The van der Waals surface area contributed by atoms with Gasteiger partial charge in [0.15, 0.2) is 12.6 Å². The Balaban J connectivity index is 0.00000155. The molecular weight excluding hydrogens is 396 g/mol. The third kappa shape index (κ3) is 6.33. The number of aliphatic hydroxyl groups excluding tert-OH is 2. The second-order valence-electron chi connectivity index (χ2n) is 8.20. The Morgan fingerprint density at radius 3 is 2.40 bits per heavy atom. The maximum atomic E-state index is 10.9. The molecule has 0 spiro atoms. The van der Waals surface area contributed by atoms with Crippen molar-refractivity contribution in [2.75, 3.05) is 20.2 Å². The van der Waals surface area contributed by atoms with Crippen LogP contribution in [0.2, 0.25) is 0 Å². The highest BCUT2D eigenvalue weighted by Crippen LogP contribution is 2.31. The normalized spacial score (nSPS) is 44.4. The Kier molecular flexibility index (Phi) is 9.43. The third-order valence-electron chi connectivity index (χ3n) is 5.44. The van der Waals surface area contributed by atoms with E-state index in [-0.39, 0.29) is 19.6 Å². The Labute approximate surface area is 177 Å². The molecule has 30 heavy (non-hydrogen) atoms. The summed E-state index contributed by atoms with van der Waals surface area (Å²) < 4.78 is 22.9. The van der Waals surface area contributed by atoms with Gasteiger partial charge in [-0.25, -0.2) is 0 Å². The van der Waals surface area contributed by atoms with Gasteiger partial charge in [-0.2, -0.15) is 0 Å². The zero-order valence-electron chi connectivity index (χ0n) is 17.7. The molecule has 3 rings (SSSR count). The van der Waals surface area contributed by atoms with Crippen LogP contribution in [0.15, 0.2) is 11.8 Å². The Bertz CT molecular complexity index is 565. The lowest BCUT2D eigenvalue weighted by Crippen LogP contribution is -2.65. The van der Waals surface area contributed by atoms with Crippen LogP contribution >= 0.6 is 0 Å². The number of rotatable bonds is 5. The smallest absolute Gasteiger partial charge is 0.200 e. The lowest BCUT2D eigenvalue weighted by molar-refractivity contribution is -0.295. The van der Waals surface area contributed by atoms with Gasteiger partial charge in [-0.3, -0.25) is 0 Å². The van der Waals surface area contributed by atoms with Crippen molar-refractivity contribution in [3.05, 3.63) is 11.8 Å². The largest absolute Gasteiger partial charge is 0.468 e. The molecule has 1 aliphatic carbocycles. The first-order valence-electron chi connectivity index (χ1n) is 10.4. The molecule has 0 aromatic heterocycles. The monoisotopic (exact) mass is 434 g/mol. The third-order valence-corrected chi connectivity index (χ3v) is 5.44. The van der Waals surface area contributed by atoms with E-state index in [9.17, 15) is 15.3 Å². The second kappa shape index (κ2) is 11.1. The van der Waals surface area contributed by atoms with Crippen molar-refractivity contribution in [3.63, 3.8) is 0 Å². The summed E-state index contributed by atoms with van der Waals surface area (Å²) in [7, 11) is 1.50. The maximum Gasteiger partial charge on any atom is 0.200 e. The van der Waals surface area contributed by atoms with Crippen molar-refractivity contribution >= 4 is 0 Å². The quantitative estimate of drug-likeness (QED) is 0.243. The van der Waals surface area contributed by atoms with Crippen molar-refractivity contribution < 1.29 is 34.3 Å². The van der Waals surface area contributed by atoms with Crippen LogP contribution in [0.4, 0.5) is 0 Å². The molecule has 5 unspecified atom stereocenters. The minimum Gasteiger partial charge on any atom is -0.468 e. The van der Waals surface area contributed by atoms with Gasteiger partial charge in [-0.1, -0.05) is 0 Å². The topological polar surface area (TPSA) is 202 Å². The van der Waals surface area contributed by atoms with Crippen LogP contribution in [-0.4, -0.2) is 90.2 Å². The predicted octanol–water partition coefficient (Wildman–Crippen LogP) is -2.41. The number of ether oxygens (including phenoxy) is 4. The summed E-state index contributed by atoms with van der Waals surface area (Å²) in [6.45, 7) is 1.86. The molecule has 0 aromatic carbocycles. The van der Waals surface area contributed by atoms with Crippen molar-refractivity contribution in [2.24, 2.45) is 22.9 Å². The molecule has 11 N–H and O–H groups in total. The fourth-order valence-electron chi connectivity index (χ4n) is 3.96. The van der Waals surface area contributed by atoms with Crippen molar-refractivity contribution in [1.29, 1.82) is 0 Å². The summed E-state index contributed by atoms with van der Waals surface area (Å²) in [4.78, 5) is 0. The van der Waals surface area contributed by atoms with Gasteiger partial charge in [0.1, 0.15) is 30.2 Å². The number of allylic oxidation sites excluding steroid dienone is 1. The van der Waals surface area contributed by atoms with Crippen LogP contribution in [0.3, 0.4) is 0 Å². The SMILES string of the molecule is CN.C[C@]1(O)COC(O[C@H]2C(N)CC(N)[C@@H](O[C@@H]3CCC=C(CN)O3)C2O)C(O)C1. The molecule has 2 fully saturated rings. The standard InChI is InChI=1S/C18H33N3O7.CH5N/c1-18(24)6-12(22)17(25-8-18)28-16-11(21)5-10(20)15(14(16)23)27-13-4-2-3-9(7-19)26-13;1-2/h3,10-17,22-24H,2,4-8,19-21H2,1H3;2H2,1H3/t10?,11?,12?,13-,14?,15-,16+,17?,18-;/m1./s1. The van der Waals surface area contributed by atoms with Crippen molar-refractivity contribution in [1.82, 2.24) is 0 Å². The fourth-order valence-corrected chi connectivity index (χ4v) is 3.96. The van der Waals surface area contributed by atoms with E-state index in [1.54, 1.807) is 6.92 Å². The van der Waals surface area contributed by atoms with E-state index in [0.717, 1.165) is 6.42 Å². The molecule has 11 nitrogen and oxygen atoms in total. The maximum absolute atomic E-state index is 10.9. The average molecular weight is 435 g/mol. The molecule has 3 aliphatic rings. The van der Waals surface area contributed by atoms with Gasteiger partial charge in [0, 0.05) is 24.9 Å². The summed E-state index contributed by atoms with van der Waals surface area (Å²) in [5.74, 6) is 0.644. The van der Waals surface area contributed by atoms with E-state index in [1.165, 1.54) is 7.05 Å². The van der Waals surface area contributed by atoms with E-state index in [0.29, 0.717) is 18.6 Å². The van der Waals surface area contributed by atoms with E-state index in [1.807, 2.05) is 6.08 Å². The molecule has 1 saturated carbocycles. The Hall–Kier alpha value is -0.860. The van der Waals surface area contributed by atoms with Gasteiger partial charge < -0.3 is 57.2 Å². The van der Waals surface area contributed by atoms with Crippen LogP contribution in [0, 0.1) is 0 Å². The summed E-state index contributed by atoms with van der Waals surface area (Å²) in [5.41, 5.74) is 21.3. The molecule has 2 heterocycles. The van der Waals surface area contributed by atoms with Gasteiger partial charge in [-0.15, -0.1) is 0 Å². The van der Waals surface area contributed by atoms with Crippen molar-refractivity contribution in [2.45, 2.75) is 87.3 Å². The Morgan fingerprint density at radius 2 is 1.80 bits per heavy atom. The zero-order valence-corrected chi connectivity index (χ0v) is 17.7. The molecule has 0 aromatic rings. The predicted molar refractivity (Wildman–Crippen MR) is 109 cm³/mol. The van der Waals surface area contributed by atoms with Gasteiger partial charge in [0.2, 0.25) is 0 Å². The highest BCUT2D eigenvalue weighted by molar-refractivity contribution is 5.01. The molecule has 0 bridgehead atoms. The van der Waals surface area contributed by atoms with Crippen LogP contribution in [0.1, 0.15) is 32.6 Å². The number of aliphatic hydroxyl groups is 3. The van der Waals surface area contributed by atoms with Gasteiger partial charge in [0.05, 0.1) is 18.8 Å². The van der Waals surface area contributed by atoms with Gasteiger partial charge in [0.25, 0.3) is 0 Å². The summed E-state index contributed by atoms with van der Waals surface area (Å²) in [5, 5.41) is 31.1. The van der Waals surface area contributed by atoms with Crippen LogP contribution in [0.25, 0.3) is 0 Å². The van der Waals surface area contributed by atoms with Crippen molar-refractivity contribution in [3.8, 4) is 0 Å². The van der Waals surface area contributed by atoms with Crippen LogP contribution < -0.4 is 22.9 Å². The molecule has 9 atom stereocenters. The van der Waals surface area contributed by atoms with Gasteiger partial charge in [-0.05, 0) is 32.9 Å². The van der Waals surface area contributed by atoms with E-state index >= 15 is 0 Å². The first-order chi connectivity index (χ1) is 14.2. The highest BCUT2D eigenvalue weighted by atomic mass is 16.7. The zero-order chi connectivity index (χ0) is 22.5. The van der Waals surface area contributed by atoms with Gasteiger partial charge >= 0.3 is 0 Å². The fraction of sp³-hybridized carbons (Fsp3) is 0.895. The van der Waals surface area contributed by atoms with E-state index in [2.05, 4.69) is 5.73 Å². The molecule has 11 heteroatoms. The lowest BCUT2D eigenvalue weighted by Gasteiger charge is -2.45. The Morgan fingerprint density at radius 1 is 1.17 bits per heavy atom. The molecule has 0 amide bonds. The molecular formula is C19H38N4O7. The summed E-state index contributed by atoms with van der Waals surface area (Å²) >= 11 is 0. The molecule has 0 radical (unpaired) electrons. The highest BCUT2D eigenvalue weighted by Gasteiger charge is 2.47. The minimum atomic E-state index is -1.13. The summed E-state index contributed by atoms with van der Waals surface area (Å²) in [6.07, 6.45) is -1.59. The number of hydrogen-bond donors (Lipinski definition) is 7. The van der Waals surface area contributed by atoms with Crippen LogP contribution in [-0.2, 0) is 18.9 Å². The summed E-state index contributed by atoms with van der Waals surface area (Å²) in [6, 6.07) is -1.06. The van der Waals surface area contributed by atoms with E-state index in [4.69, 9.17) is 36.1 Å². The molecule has 176 valence electrons. The van der Waals surface area contributed by atoms with E-state index < -0.39 is 54.7 Å². The molecule has 2 aliphatic heterocycles. The first kappa shape index (κ1) is 25.4. The molecule has 1 saturated heterocycles.